The number of nitrogens with zero attached hydrogens (tertiary/aromatic N) is 1. The molecule has 20 heavy (non-hydrogen) atoms. The van der Waals surface area contributed by atoms with Crippen molar-refractivity contribution in [3.05, 3.63) is 28.3 Å². The van der Waals surface area contributed by atoms with E-state index in [0.29, 0.717) is 5.69 Å². The Kier molecular flexibility index (Phi) is 4.27. The third-order valence-electron chi connectivity index (χ3n) is 3.55. The van der Waals surface area contributed by atoms with Crippen molar-refractivity contribution in [1.29, 1.82) is 0 Å². The summed E-state index contributed by atoms with van der Waals surface area (Å²) in [4.78, 5) is 10.4. The molecule has 0 bridgehead atoms. The first kappa shape index (κ1) is 14.8. The number of benzene rings is 1. The van der Waals surface area contributed by atoms with Crippen LogP contribution in [0.5, 0.6) is 0 Å². The van der Waals surface area contributed by atoms with Gasteiger partial charge in [-0.2, -0.15) is 0 Å². The molecule has 0 atom stereocenters. The number of nitro benzene ring substituents is 1. The van der Waals surface area contributed by atoms with Gasteiger partial charge >= 0.3 is 5.69 Å². The predicted molar refractivity (Wildman–Crippen MR) is 76.7 cm³/mol. The lowest BCUT2D eigenvalue weighted by atomic mass is 9.95. The van der Waals surface area contributed by atoms with Gasteiger partial charge in [0.05, 0.1) is 4.92 Å². The highest BCUT2D eigenvalue weighted by Gasteiger charge is 2.27. The van der Waals surface area contributed by atoms with E-state index in [4.69, 9.17) is 0 Å². The Balaban J connectivity index is 2.39. The molecule has 110 valence electrons. The number of rotatable bonds is 4. The average Bonchev–Trinajstić information content (AvgIpc) is 2.38. The Labute approximate surface area is 118 Å². The maximum atomic E-state index is 11.7. The quantitative estimate of drug-likeness (QED) is 0.682. The van der Waals surface area contributed by atoms with Gasteiger partial charge in [0.25, 0.3) is 0 Å². The van der Waals surface area contributed by atoms with Gasteiger partial charge in [-0.3, -0.25) is 10.1 Å². The summed E-state index contributed by atoms with van der Waals surface area (Å²) in [5.41, 5.74) is -0.0506. The Morgan fingerprint density at radius 3 is 2.45 bits per heavy atom. The summed E-state index contributed by atoms with van der Waals surface area (Å²) < 4.78 is 23.3. The first-order valence-corrected chi connectivity index (χ1v) is 8.53. The molecule has 1 aliphatic rings. The van der Waals surface area contributed by atoms with Crippen LogP contribution in [0, 0.1) is 10.1 Å². The number of hydrogen-bond acceptors (Lipinski definition) is 5. The van der Waals surface area contributed by atoms with Gasteiger partial charge in [-0.25, -0.2) is 8.42 Å². The van der Waals surface area contributed by atoms with Crippen molar-refractivity contribution < 1.29 is 13.3 Å². The molecule has 1 aromatic carbocycles. The SMILES string of the molecule is CS(=O)(=O)c1cccc(NC2CCCCC2)c1[N+](=O)[O-]. The van der Waals surface area contributed by atoms with Gasteiger partial charge in [0.2, 0.25) is 0 Å². The zero-order valence-corrected chi connectivity index (χ0v) is 12.1. The molecule has 0 aliphatic heterocycles. The molecule has 1 N–H and O–H groups in total. The molecule has 0 aromatic heterocycles. The number of anilines is 1. The van der Waals surface area contributed by atoms with Gasteiger partial charge in [-0.15, -0.1) is 0 Å². The van der Waals surface area contributed by atoms with E-state index in [0.717, 1.165) is 31.9 Å². The molecule has 1 fully saturated rings. The van der Waals surface area contributed by atoms with E-state index in [2.05, 4.69) is 5.32 Å². The van der Waals surface area contributed by atoms with Gasteiger partial charge in [-0.05, 0) is 25.0 Å². The van der Waals surface area contributed by atoms with Crippen LogP contribution in [0.25, 0.3) is 0 Å². The standard InChI is InChI=1S/C13H18N2O4S/c1-20(18,19)12-9-5-8-11(13(12)15(16)17)14-10-6-3-2-4-7-10/h5,8-10,14H,2-4,6-7H2,1H3. The molecular formula is C13H18N2O4S. The molecule has 0 unspecified atom stereocenters. The van der Waals surface area contributed by atoms with Gasteiger partial charge < -0.3 is 5.32 Å². The molecule has 2 rings (SSSR count). The molecule has 0 heterocycles. The predicted octanol–water partition coefficient (Wildman–Crippen LogP) is 2.74. The monoisotopic (exact) mass is 298 g/mol. The maximum Gasteiger partial charge on any atom is 0.310 e. The minimum absolute atomic E-state index is 0.178. The van der Waals surface area contributed by atoms with E-state index in [1.54, 1.807) is 6.07 Å². The van der Waals surface area contributed by atoms with Crippen molar-refractivity contribution >= 4 is 21.2 Å². The van der Waals surface area contributed by atoms with E-state index >= 15 is 0 Å². The van der Waals surface area contributed by atoms with E-state index in [-0.39, 0.29) is 16.6 Å². The molecule has 0 amide bonds. The summed E-state index contributed by atoms with van der Waals surface area (Å²) >= 11 is 0. The highest BCUT2D eigenvalue weighted by atomic mass is 32.2. The van der Waals surface area contributed by atoms with E-state index in [1.165, 1.54) is 18.6 Å². The molecule has 0 saturated heterocycles. The summed E-state index contributed by atoms with van der Waals surface area (Å²) in [7, 11) is -3.62. The Bertz CT molecular complexity index is 607. The number of nitrogens with one attached hydrogen (secondary N) is 1. The van der Waals surface area contributed by atoms with Crippen molar-refractivity contribution in [1.82, 2.24) is 0 Å². The van der Waals surface area contributed by atoms with Crippen LogP contribution in [-0.2, 0) is 9.84 Å². The van der Waals surface area contributed by atoms with Crippen LogP contribution in [0.4, 0.5) is 11.4 Å². The van der Waals surface area contributed by atoms with E-state index in [9.17, 15) is 18.5 Å². The molecule has 6 nitrogen and oxygen atoms in total. The topological polar surface area (TPSA) is 89.3 Å². The molecule has 0 radical (unpaired) electrons. The van der Waals surface area contributed by atoms with Crippen LogP contribution in [0.3, 0.4) is 0 Å². The molecule has 0 spiro atoms. The third-order valence-corrected chi connectivity index (χ3v) is 4.67. The molecule has 1 saturated carbocycles. The van der Waals surface area contributed by atoms with E-state index < -0.39 is 14.8 Å². The Morgan fingerprint density at radius 2 is 1.90 bits per heavy atom. The normalized spacial score (nSPS) is 16.9. The smallest absolute Gasteiger partial charge is 0.310 e. The minimum Gasteiger partial charge on any atom is -0.377 e. The van der Waals surface area contributed by atoms with Crippen LogP contribution < -0.4 is 5.32 Å². The van der Waals surface area contributed by atoms with Crippen LogP contribution in [0.2, 0.25) is 0 Å². The van der Waals surface area contributed by atoms with Crippen molar-refractivity contribution in [2.75, 3.05) is 11.6 Å². The van der Waals surface area contributed by atoms with Crippen molar-refractivity contribution in [3.63, 3.8) is 0 Å². The second-order valence-electron chi connectivity index (χ2n) is 5.16. The number of nitro groups is 1. The zero-order valence-electron chi connectivity index (χ0n) is 11.3. The van der Waals surface area contributed by atoms with Gasteiger partial charge in [-0.1, -0.05) is 25.3 Å². The zero-order chi connectivity index (χ0) is 14.8. The average molecular weight is 298 g/mol. The van der Waals surface area contributed by atoms with E-state index in [1.807, 2.05) is 0 Å². The fourth-order valence-corrected chi connectivity index (χ4v) is 3.45. The molecule has 7 heteroatoms. The second-order valence-corrected chi connectivity index (χ2v) is 7.15. The molecular weight excluding hydrogens is 280 g/mol. The van der Waals surface area contributed by atoms with Crippen LogP contribution >= 0.6 is 0 Å². The number of hydrogen-bond donors (Lipinski definition) is 1. The Hall–Kier alpha value is -1.63. The molecule has 1 aromatic rings. The summed E-state index contributed by atoms with van der Waals surface area (Å²) in [6, 6.07) is 4.56. The van der Waals surface area contributed by atoms with Crippen molar-refractivity contribution in [2.45, 2.75) is 43.0 Å². The molecule has 1 aliphatic carbocycles. The maximum absolute atomic E-state index is 11.7. The van der Waals surface area contributed by atoms with Gasteiger partial charge in [0.15, 0.2) is 9.84 Å². The second kappa shape index (κ2) is 5.78. The summed E-state index contributed by atoms with van der Waals surface area (Å²) in [5, 5.41) is 14.4. The summed E-state index contributed by atoms with van der Waals surface area (Å²) in [6.45, 7) is 0. The van der Waals surface area contributed by atoms with Crippen molar-refractivity contribution in [2.24, 2.45) is 0 Å². The number of para-hydroxylation sites is 1. The third kappa shape index (κ3) is 3.27. The van der Waals surface area contributed by atoms with Crippen molar-refractivity contribution in [3.8, 4) is 0 Å². The minimum atomic E-state index is -3.62. The van der Waals surface area contributed by atoms with Crippen LogP contribution in [-0.4, -0.2) is 25.6 Å². The first-order chi connectivity index (χ1) is 9.39. The summed E-state index contributed by atoms with van der Waals surface area (Å²) in [5.74, 6) is 0. The van der Waals surface area contributed by atoms with Gasteiger partial charge in [0.1, 0.15) is 10.6 Å². The lowest BCUT2D eigenvalue weighted by molar-refractivity contribution is -0.386. The number of sulfone groups is 1. The largest absolute Gasteiger partial charge is 0.377 e. The van der Waals surface area contributed by atoms with Gasteiger partial charge in [0, 0.05) is 12.3 Å². The fraction of sp³-hybridized carbons (Fsp3) is 0.538. The van der Waals surface area contributed by atoms with Crippen LogP contribution in [0.1, 0.15) is 32.1 Å². The van der Waals surface area contributed by atoms with Crippen LogP contribution in [0.15, 0.2) is 23.1 Å². The highest BCUT2D eigenvalue weighted by Crippen LogP contribution is 2.33. The summed E-state index contributed by atoms with van der Waals surface area (Å²) in [6.07, 6.45) is 6.28. The lowest BCUT2D eigenvalue weighted by Gasteiger charge is -2.23. The lowest BCUT2D eigenvalue weighted by Crippen LogP contribution is -2.23. The first-order valence-electron chi connectivity index (χ1n) is 6.63. The fourth-order valence-electron chi connectivity index (χ4n) is 2.59. The highest BCUT2D eigenvalue weighted by molar-refractivity contribution is 7.90. The Morgan fingerprint density at radius 1 is 1.25 bits per heavy atom.